The Labute approximate surface area is 115 Å². The first-order valence-corrected chi connectivity index (χ1v) is 6.13. The third-order valence-corrected chi connectivity index (χ3v) is 2.52. The quantitative estimate of drug-likeness (QED) is 0.756. The van der Waals surface area contributed by atoms with Gasteiger partial charge in [0.2, 0.25) is 5.56 Å². The van der Waals surface area contributed by atoms with Crippen LogP contribution in [0.15, 0.2) is 47.3 Å². The second-order valence-corrected chi connectivity index (χ2v) is 4.02. The number of aromatic amines is 1. The van der Waals surface area contributed by atoms with Gasteiger partial charge in [-0.05, 0) is 18.2 Å². The van der Waals surface area contributed by atoms with Gasteiger partial charge in [0.05, 0.1) is 5.69 Å². The van der Waals surface area contributed by atoms with Crippen LogP contribution in [0, 0.1) is 0 Å². The van der Waals surface area contributed by atoms with Gasteiger partial charge in [-0.3, -0.25) is 9.59 Å². The Hall–Kier alpha value is -2.60. The number of nitrogens with one attached hydrogen (secondary N) is 2. The summed E-state index contributed by atoms with van der Waals surface area (Å²) in [4.78, 5) is 25.7. The Morgan fingerprint density at radius 1 is 1.20 bits per heavy atom. The van der Waals surface area contributed by atoms with Gasteiger partial charge < -0.3 is 20.8 Å². The maximum Gasteiger partial charge on any atom is 0.272 e. The predicted molar refractivity (Wildman–Crippen MR) is 76.0 cm³/mol. The van der Waals surface area contributed by atoms with E-state index >= 15 is 0 Å². The molecule has 0 saturated carbocycles. The minimum atomic E-state index is -0.411. The predicted octanol–water partition coefficient (Wildman–Crippen LogP) is 0.965. The summed E-state index contributed by atoms with van der Waals surface area (Å²) in [5.41, 5.74) is 5.76. The third kappa shape index (κ3) is 3.46. The molecule has 0 spiro atoms. The van der Waals surface area contributed by atoms with Gasteiger partial charge in [0, 0.05) is 12.6 Å². The van der Waals surface area contributed by atoms with Gasteiger partial charge in [-0.1, -0.05) is 18.2 Å². The van der Waals surface area contributed by atoms with E-state index in [9.17, 15) is 9.59 Å². The fourth-order valence-corrected chi connectivity index (χ4v) is 1.63. The van der Waals surface area contributed by atoms with Crippen molar-refractivity contribution >= 4 is 11.6 Å². The Kier molecular flexibility index (Phi) is 4.52. The van der Waals surface area contributed by atoms with E-state index in [1.807, 2.05) is 0 Å². The minimum absolute atomic E-state index is 0.186. The zero-order valence-corrected chi connectivity index (χ0v) is 10.8. The van der Waals surface area contributed by atoms with E-state index in [2.05, 4.69) is 10.3 Å². The van der Waals surface area contributed by atoms with Crippen LogP contribution >= 0.6 is 0 Å². The van der Waals surface area contributed by atoms with Crippen LogP contribution in [0.3, 0.4) is 0 Å². The smallest absolute Gasteiger partial charge is 0.272 e. The molecule has 2 aromatic rings. The number of rotatable bonds is 5. The summed E-state index contributed by atoms with van der Waals surface area (Å²) >= 11 is 0. The van der Waals surface area contributed by atoms with E-state index in [1.165, 1.54) is 18.2 Å². The zero-order chi connectivity index (χ0) is 14.4. The maximum absolute atomic E-state index is 12.0. The number of amides is 1. The van der Waals surface area contributed by atoms with Crippen molar-refractivity contribution in [2.75, 3.05) is 18.5 Å². The molecule has 1 amide bonds. The standard InChI is InChI=1S/C14H15N3O3/c15-8-9-20-12-6-2-1-4-10(12)17-14(19)11-5-3-7-13(18)16-11/h1-7H,8-9,15H2,(H,16,18)(H,17,19). The van der Waals surface area contributed by atoms with E-state index in [0.717, 1.165) is 0 Å². The number of nitrogens with two attached hydrogens (primary N) is 1. The summed E-state index contributed by atoms with van der Waals surface area (Å²) < 4.78 is 5.44. The third-order valence-electron chi connectivity index (χ3n) is 2.52. The number of hydrogen-bond acceptors (Lipinski definition) is 4. The van der Waals surface area contributed by atoms with Crippen molar-refractivity contribution in [1.82, 2.24) is 4.98 Å². The molecule has 6 nitrogen and oxygen atoms in total. The van der Waals surface area contributed by atoms with Crippen LogP contribution in [0.5, 0.6) is 5.75 Å². The molecule has 0 bridgehead atoms. The van der Waals surface area contributed by atoms with Crippen molar-refractivity contribution in [2.24, 2.45) is 5.73 Å². The number of pyridine rings is 1. The highest BCUT2D eigenvalue weighted by Crippen LogP contribution is 2.23. The first-order valence-electron chi connectivity index (χ1n) is 6.13. The Morgan fingerprint density at radius 3 is 2.75 bits per heavy atom. The average molecular weight is 273 g/mol. The first kappa shape index (κ1) is 13.8. The van der Waals surface area contributed by atoms with Gasteiger partial charge in [0.1, 0.15) is 18.1 Å². The molecule has 0 unspecified atom stereocenters. The highest BCUT2D eigenvalue weighted by Gasteiger charge is 2.10. The van der Waals surface area contributed by atoms with Crippen LogP contribution in [0.4, 0.5) is 5.69 Å². The van der Waals surface area contributed by atoms with Gasteiger partial charge >= 0.3 is 0 Å². The molecule has 1 aromatic carbocycles. The number of H-pyrrole nitrogens is 1. The molecule has 4 N–H and O–H groups in total. The normalized spacial score (nSPS) is 10.1. The lowest BCUT2D eigenvalue weighted by atomic mass is 10.2. The summed E-state index contributed by atoms with van der Waals surface area (Å²) in [6, 6.07) is 11.4. The van der Waals surface area contributed by atoms with Crippen molar-refractivity contribution in [3.63, 3.8) is 0 Å². The van der Waals surface area contributed by atoms with Gasteiger partial charge in [-0.2, -0.15) is 0 Å². The van der Waals surface area contributed by atoms with E-state index in [0.29, 0.717) is 24.6 Å². The van der Waals surface area contributed by atoms with Gasteiger partial charge in [-0.15, -0.1) is 0 Å². The molecule has 104 valence electrons. The second kappa shape index (κ2) is 6.53. The molecule has 0 fully saturated rings. The Morgan fingerprint density at radius 2 is 2.00 bits per heavy atom. The van der Waals surface area contributed by atoms with Gasteiger partial charge in [0.15, 0.2) is 0 Å². The monoisotopic (exact) mass is 273 g/mol. The largest absolute Gasteiger partial charge is 0.490 e. The molecule has 1 aromatic heterocycles. The van der Waals surface area contributed by atoms with Crippen molar-refractivity contribution in [3.05, 3.63) is 58.5 Å². The molecule has 1 heterocycles. The highest BCUT2D eigenvalue weighted by atomic mass is 16.5. The number of ether oxygens (including phenoxy) is 1. The van der Waals surface area contributed by atoms with Crippen LogP contribution in [0.25, 0.3) is 0 Å². The lowest BCUT2D eigenvalue weighted by Gasteiger charge is -2.11. The van der Waals surface area contributed by atoms with Crippen LogP contribution in [0.2, 0.25) is 0 Å². The Balaban J connectivity index is 2.17. The van der Waals surface area contributed by atoms with E-state index < -0.39 is 5.91 Å². The van der Waals surface area contributed by atoms with Crippen molar-refractivity contribution in [3.8, 4) is 5.75 Å². The second-order valence-electron chi connectivity index (χ2n) is 4.02. The minimum Gasteiger partial charge on any atom is -0.490 e. The average Bonchev–Trinajstić information content (AvgIpc) is 2.46. The lowest BCUT2D eigenvalue weighted by Crippen LogP contribution is -2.18. The molecule has 0 aliphatic heterocycles. The summed E-state index contributed by atoms with van der Waals surface area (Å²) in [7, 11) is 0. The number of benzene rings is 1. The van der Waals surface area contributed by atoms with E-state index in [1.54, 1.807) is 24.3 Å². The molecule has 0 aliphatic rings. The molecular weight excluding hydrogens is 258 g/mol. The summed E-state index contributed by atoms with van der Waals surface area (Å²) in [6.07, 6.45) is 0. The summed E-state index contributed by atoms with van der Waals surface area (Å²) in [5, 5.41) is 2.69. The maximum atomic E-state index is 12.0. The molecule has 0 saturated heterocycles. The molecule has 0 atom stereocenters. The molecule has 2 rings (SSSR count). The van der Waals surface area contributed by atoms with E-state index in [-0.39, 0.29) is 11.3 Å². The van der Waals surface area contributed by atoms with Crippen LogP contribution in [-0.4, -0.2) is 24.0 Å². The lowest BCUT2D eigenvalue weighted by molar-refractivity contribution is 0.102. The van der Waals surface area contributed by atoms with Crippen LogP contribution < -0.4 is 21.3 Å². The van der Waals surface area contributed by atoms with Crippen molar-refractivity contribution < 1.29 is 9.53 Å². The van der Waals surface area contributed by atoms with Crippen LogP contribution in [0.1, 0.15) is 10.5 Å². The fourth-order valence-electron chi connectivity index (χ4n) is 1.63. The van der Waals surface area contributed by atoms with Crippen molar-refractivity contribution in [1.29, 1.82) is 0 Å². The Bertz CT molecular complexity index is 652. The molecule has 0 aliphatic carbocycles. The number of carbonyl (C=O) groups excluding carboxylic acids is 1. The molecule has 20 heavy (non-hydrogen) atoms. The van der Waals surface area contributed by atoms with Gasteiger partial charge in [0.25, 0.3) is 5.91 Å². The first-order chi connectivity index (χ1) is 9.70. The van der Waals surface area contributed by atoms with Crippen LogP contribution in [-0.2, 0) is 0 Å². The summed E-state index contributed by atoms with van der Waals surface area (Å²) in [5.74, 6) is 0.121. The number of aromatic nitrogens is 1. The highest BCUT2D eigenvalue weighted by molar-refractivity contribution is 6.03. The van der Waals surface area contributed by atoms with E-state index in [4.69, 9.17) is 10.5 Å². The summed E-state index contributed by atoms with van der Waals surface area (Å²) in [6.45, 7) is 0.739. The molecule has 0 radical (unpaired) electrons. The number of anilines is 1. The van der Waals surface area contributed by atoms with Gasteiger partial charge in [-0.25, -0.2) is 0 Å². The number of para-hydroxylation sites is 2. The number of hydrogen-bond donors (Lipinski definition) is 3. The molecule has 6 heteroatoms. The zero-order valence-electron chi connectivity index (χ0n) is 10.8. The topological polar surface area (TPSA) is 97.2 Å². The fraction of sp³-hybridized carbons (Fsp3) is 0.143. The SMILES string of the molecule is NCCOc1ccccc1NC(=O)c1cccc(=O)[nH]1. The number of carbonyl (C=O) groups is 1. The molecular formula is C14H15N3O3. The van der Waals surface area contributed by atoms with Crippen molar-refractivity contribution in [2.45, 2.75) is 0 Å².